The van der Waals surface area contributed by atoms with Gasteiger partial charge in [-0.15, -0.1) is 0 Å². The van der Waals surface area contributed by atoms with Crippen LogP contribution in [0, 0.1) is 5.82 Å². The lowest BCUT2D eigenvalue weighted by atomic mass is 10.00. The summed E-state index contributed by atoms with van der Waals surface area (Å²) in [6.07, 6.45) is 5.18. The van der Waals surface area contributed by atoms with Crippen LogP contribution in [0.25, 0.3) is 11.3 Å². The van der Waals surface area contributed by atoms with E-state index in [-0.39, 0.29) is 11.7 Å². The summed E-state index contributed by atoms with van der Waals surface area (Å²) in [5.41, 5.74) is 8.41. The van der Waals surface area contributed by atoms with Crippen molar-refractivity contribution in [3.63, 3.8) is 0 Å². The van der Waals surface area contributed by atoms with Crippen molar-refractivity contribution in [2.24, 2.45) is 0 Å². The van der Waals surface area contributed by atoms with Crippen LogP contribution in [0.3, 0.4) is 0 Å². The predicted octanol–water partition coefficient (Wildman–Crippen LogP) is 4.26. The summed E-state index contributed by atoms with van der Waals surface area (Å²) in [6.45, 7) is 0.707. The maximum Gasteiger partial charge on any atom is 0.222 e. The van der Waals surface area contributed by atoms with Crippen LogP contribution in [0.5, 0.6) is 0 Å². The lowest BCUT2D eigenvalue weighted by Crippen LogP contribution is -2.32. The van der Waals surface area contributed by atoms with E-state index in [0.717, 1.165) is 19.3 Å². The number of hydrogen-bond donors (Lipinski definition) is 2. The fourth-order valence-electron chi connectivity index (χ4n) is 4.03. The molecule has 2 N–H and O–H groups in total. The molecule has 1 saturated heterocycles. The molecule has 2 atom stereocenters. The van der Waals surface area contributed by atoms with Gasteiger partial charge in [-0.25, -0.2) is 9.37 Å². The minimum absolute atomic E-state index is 0.0512. The first-order valence-corrected chi connectivity index (χ1v) is 11.1. The summed E-state index contributed by atoms with van der Waals surface area (Å²) in [7, 11) is 1.83. The largest absolute Gasteiger partial charge is 0.441 e. The second-order valence-corrected chi connectivity index (χ2v) is 8.24. The molecule has 1 aliphatic heterocycles. The Balaban J connectivity index is 1.17. The number of benzene rings is 2. The molecular formula is C25H29FN4O2. The third kappa shape index (κ3) is 5.60. The first-order chi connectivity index (χ1) is 15.6. The van der Waals surface area contributed by atoms with E-state index < -0.39 is 0 Å². The number of hydrazine groups is 1. The van der Waals surface area contributed by atoms with Crippen LogP contribution in [-0.2, 0) is 11.2 Å². The lowest BCUT2D eigenvalue weighted by molar-refractivity contribution is -0.130. The summed E-state index contributed by atoms with van der Waals surface area (Å²) >= 11 is 0. The highest BCUT2D eigenvalue weighted by Crippen LogP contribution is 2.25. The van der Waals surface area contributed by atoms with Gasteiger partial charge in [0.05, 0.1) is 11.8 Å². The first-order valence-electron chi connectivity index (χ1n) is 11.1. The summed E-state index contributed by atoms with van der Waals surface area (Å²) in [4.78, 5) is 18.4. The van der Waals surface area contributed by atoms with E-state index in [9.17, 15) is 9.18 Å². The number of aromatic nitrogens is 1. The second-order valence-electron chi connectivity index (χ2n) is 8.24. The van der Waals surface area contributed by atoms with E-state index >= 15 is 0 Å². The number of carbonyl (C=O) groups excluding carboxylic acids is 1. The van der Waals surface area contributed by atoms with Crippen LogP contribution < -0.4 is 10.9 Å². The highest BCUT2D eigenvalue weighted by atomic mass is 19.1. The zero-order chi connectivity index (χ0) is 22.3. The smallest absolute Gasteiger partial charge is 0.222 e. The Hall–Kier alpha value is -3.03. The molecule has 1 amide bonds. The van der Waals surface area contributed by atoms with Crippen molar-refractivity contribution in [1.29, 1.82) is 0 Å². The predicted molar refractivity (Wildman–Crippen MR) is 121 cm³/mol. The molecule has 2 aromatic carbocycles. The highest BCUT2D eigenvalue weighted by Gasteiger charge is 2.24. The van der Waals surface area contributed by atoms with Crippen molar-refractivity contribution in [3.8, 4) is 11.3 Å². The maximum atomic E-state index is 13.9. The molecule has 4 rings (SSSR count). The van der Waals surface area contributed by atoms with Gasteiger partial charge in [0.2, 0.25) is 5.91 Å². The number of nitrogens with one attached hydrogen (secondary N) is 2. The number of halogens is 1. The minimum Gasteiger partial charge on any atom is -0.441 e. The van der Waals surface area contributed by atoms with Gasteiger partial charge in [-0.1, -0.05) is 42.5 Å². The van der Waals surface area contributed by atoms with Crippen molar-refractivity contribution in [2.75, 3.05) is 13.6 Å². The molecular weight excluding hydrogens is 407 g/mol. The van der Waals surface area contributed by atoms with E-state index in [2.05, 4.69) is 40.1 Å². The van der Waals surface area contributed by atoms with Gasteiger partial charge >= 0.3 is 0 Å². The third-order valence-corrected chi connectivity index (χ3v) is 5.90. The first kappa shape index (κ1) is 22.2. The topological polar surface area (TPSA) is 70.4 Å². The molecule has 1 fully saturated rings. The van der Waals surface area contributed by atoms with Crippen LogP contribution in [0.15, 0.2) is 65.2 Å². The summed E-state index contributed by atoms with van der Waals surface area (Å²) in [5.74, 6) is 0.520. The van der Waals surface area contributed by atoms with Gasteiger partial charge in [-0.2, -0.15) is 0 Å². The van der Waals surface area contributed by atoms with Crippen molar-refractivity contribution in [3.05, 3.63) is 78.1 Å². The van der Waals surface area contributed by atoms with E-state index in [0.29, 0.717) is 48.7 Å². The molecule has 32 heavy (non-hydrogen) atoms. The molecule has 6 nitrogen and oxygen atoms in total. The van der Waals surface area contributed by atoms with Crippen LogP contribution in [0.2, 0.25) is 0 Å². The van der Waals surface area contributed by atoms with Crippen molar-refractivity contribution >= 4 is 5.91 Å². The molecule has 7 heteroatoms. The van der Waals surface area contributed by atoms with Gasteiger partial charge in [0.1, 0.15) is 5.82 Å². The van der Waals surface area contributed by atoms with E-state index in [4.69, 9.17) is 4.42 Å². The van der Waals surface area contributed by atoms with Gasteiger partial charge in [-0.3, -0.25) is 15.6 Å². The Kier molecular flexibility index (Phi) is 7.29. The fraction of sp³-hybridized carbons (Fsp3) is 0.360. The zero-order valence-corrected chi connectivity index (χ0v) is 18.3. The molecule has 0 saturated carbocycles. The molecule has 0 bridgehead atoms. The molecule has 3 aromatic rings. The van der Waals surface area contributed by atoms with Gasteiger partial charge < -0.3 is 9.32 Å². The number of hydrogen-bond acceptors (Lipinski definition) is 5. The third-order valence-electron chi connectivity index (χ3n) is 5.90. The summed E-state index contributed by atoms with van der Waals surface area (Å²) < 4.78 is 19.5. The Morgan fingerprint density at radius 3 is 2.75 bits per heavy atom. The number of oxazole rings is 1. The van der Waals surface area contributed by atoms with Crippen LogP contribution in [-0.4, -0.2) is 35.4 Å². The maximum absolute atomic E-state index is 13.9. The Morgan fingerprint density at radius 2 is 1.94 bits per heavy atom. The Labute approximate surface area is 187 Å². The number of nitrogens with zero attached hydrogens (tertiary/aromatic N) is 2. The normalized spacial score (nSPS) is 18.1. The monoisotopic (exact) mass is 436 g/mol. The molecule has 0 radical (unpaired) electrons. The van der Waals surface area contributed by atoms with Crippen LogP contribution in [0.4, 0.5) is 4.39 Å². The molecule has 1 aromatic heterocycles. The summed E-state index contributed by atoms with van der Waals surface area (Å²) in [5, 5.41) is 0. The Morgan fingerprint density at radius 1 is 1.16 bits per heavy atom. The zero-order valence-electron chi connectivity index (χ0n) is 18.3. The molecule has 2 heterocycles. The van der Waals surface area contributed by atoms with Crippen molar-refractivity contribution < 1.29 is 13.6 Å². The van der Waals surface area contributed by atoms with Gasteiger partial charge in [0, 0.05) is 38.5 Å². The fourth-order valence-corrected chi connectivity index (χ4v) is 4.03. The standard InChI is InChI=1S/C25H29FN4O2/c1-30(15-7-10-19-16-22(29-28-19)18-8-3-2-4-9-18)25(31)14-13-24-27-17-23(32-24)20-11-5-6-12-21(20)26/h2-6,8-9,11-12,17,19,22,28-29H,7,10,13-16H2,1H3. The summed E-state index contributed by atoms with van der Waals surface area (Å²) in [6, 6.07) is 17.6. The number of amides is 1. The lowest BCUT2D eigenvalue weighted by Gasteiger charge is -2.18. The van der Waals surface area contributed by atoms with E-state index in [1.54, 1.807) is 23.1 Å². The van der Waals surface area contributed by atoms with Crippen LogP contribution in [0.1, 0.15) is 43.2 Å². The number of rotatable bonds is 9. The average molecular weight is 437 g/mol. The van der Waals surface area contributed by atoms with Gasteiger partial charge in [-0.05, 0) is 37.0 Å². The van der Waals surface area contributed by atoms with Crippen molar-refractivity contribution in [1.82, 2.24) is 20.7 Å². The molecule has 1 aliphatic rings. The highest BCUT2D eigenvalue weighted by molar-refractivity contribution is 5.76. The molecule has 0 aliphatic carbocycles. The molecule has 0 spiro atoms. The Bertz CT molecular complexity index is 1020. The van der Waals surface area contributed by atoms with E-state index in [1.165, 1.54) is 17.8 Å². The van der Waals surface area contributed by atoms with Crippen LogP contribution >= 0.6 is 0 Å². The number of carbonyl (C=O) groups is 1. The quantitative estimate of drug-likeness (QED) is 0.525. The van der Waals surface area contributed by atoms with E-state index in [1.807, 2.05) is 13.1 Å². The minimum atomic E-state index is -0.354. The van der Waals surface area contributed by atoms with Gasteiger partial charge in [0.25, 0.3) is 0 Å². The second kappa shape index (κ2) is 10.5. The van der Waals surface area contributed by atoms with Crippen molar-refractivity contribution in [2.45, 2.75) is 44.2 Å². The molecule has 2 unspecified atom stereocenters. The molecule has 168 valence electrons. The van der Waals surface area contributed by atoms with Gasteiger partial charge in [0.15, 0.2) is 11.7 Å². The number of aryl methyl sites for hydroxylation is 1. The SMILES string of the molecule is CN(CCCC1CC(c2ccccc2)NN1)C(=O)CCc1ncc(-c2ccccc2F)o1. The average Bonchev–Trinajstić information content (AvgIpc) is 3.48.